The molecule has 0 amide bonds. The van der Waals surface area contributed by atoms with Gasteiger partial charge in [-0.3, -0.25) is 0 Å². The van der Waals surface area contributed by atoms with Crippen LogP contribution in [0.3, 0.4) is 0 Å². The van der Waals surface area contributed by atoms with Gasteiger partial charge in [-0.2, -0.15) is 17.0 Å². The maximum atomic E-state index is 11.8. The fraction of sp³-hybridized carbons (Fsp3) is 1.00. The summed E-state index contributed by atoms with van der Waals surface area (Å²) >= 11 is 0. The van der Waals surface area contributed by atoms with Gasteiger partial charge in [0.2, 0.25) is 0 Å². The molecule has 0 aromatic rings. The SMILES string of the molecule is CC1CCC(O)CN1S(=O)(=O)N(C)C. The molecule has 0 aromatic carbocycles. The number of hydrogen-bond acceptors (Lipinski definition) is 3. The van der Waals surface area contributed by atoms with Gasteiger partial charge in [0.1, 0.15) is 0 Å². The Morgan fingerprint density at radius 1 is 1.36 bits per heavy atom. The molecule has 0 spiro atoms. The van der Waals surface area contributed by atoms with E-state index in [1.165, 1.54) is 22.7 Å². The van der Waals surface area contributed by atoms with Gasteiger partial charge in [0.05, 0.1) is 6.10 Å². The first kappa shape index (κ1) is 11.9. The Labute approximate surface area is 85.5 Å². The Morgan fingerprint density at radius 3 is 2.43 bits per heavy atom. The summed E-state index contributed by atoms with van der Waals surface area (Å²) in [6.07, 6.45) is 0.871. The van der Waals surface area contributed by atoms with Crippen molar-refractivity contribution in [3.8, 4) is 0 Å². The fourth-order valence-corrected chi connectivity index (χ4v) is 2.93. The highest BCUT2D eigenvalue weighted by Gasteiger charge is 2.34. The Morgan fingerprint density at radius 2 is 1.93 bits per heavy atom. The van der Waals surface area contributed by atoms with E-state index in [4.69, 9.17) is 0 Å². The van der Waals surface area contributed by atoms with Gasteiger partial charge in [-0.1, -0.05) is 0 Å². The molecule has 1 aliphatic heterocycles. The second-order valence-electron chi connectivity index (χ2n) is 3.94. The van der Waals surface area contributed by atoms with E-state index in [-0.39, 0.29) is 12.6 Å². The largest absolute Gasteiger partial charge is 0.392 e. The van der Waals surface area contributed by atoms with Crippen molar-refractivity contribution in [2.75, 3.05) is 20.6 Å². The zero-order valence-electron chi connectivity index (χ0n) is 8.84. The van der Waals surface area contributed by atoms with Crippen molar-refractivity contribution in [1.82, 2.24) is 8.61 Å². The van der Waals surface area contributed by atoms with Crippen LogP contribution in [-0.4, -0.2) is 54.9 Å². The molecule has 5 nitrogen and oxygen atoms in total. The van der Waals surface area contributed by atoms with Crippen LogP contribution in [-0.2, 0) is 10.2 Å². The van der Waals surface area contributed by atoms with E-state index in [2.05, 4.69) is 0 Å². The van der Waals surface area contributed by atoms with Crippen molar-refractivity contribution < 1.29 is 13.5 Å². The number of rotatable bonds is 2. The predicted molar refractivity (Wildman–Crippen MR) is 54.0 cm³/mol. The lowest BCUT2D eigenvalue weighted by Crippen LogP contribution is -2.51. The van der Waals surface area contributed by atoms with E-state index in [1.807, 2.05) is 6.92 Å². The summed E-state index contributed by atoms with van der Waals surface area (Å²) in [6, 6.07) is -0.0224. The van der Waals surface area contributed by atoms with Gasteiger partial charge in [0.15, 0.2) is 0 Å². The fourth-order valence-electron chi connectivity index (χ4n) is 1.59. The second kappa shape index (κ2) is 4.14. The molecule has 14 heavy (non-hydrogen) atoms. The van der Waals surface area contributed by atoms with Gasteiger partial charge in [-0.05, 0) is 19.8 Å². The second-order valence-corrected chi connectivity index (χ2v) is 6.04. The summed E-state index contributed by atoms with van der Waals surface area (Å²) < 4.78 is 26.1. The molecule has 1 saturated heterocycles. The van der Waals surface area contributed by atoms with Crippen molar-refractivity contribution in [3.63, 3.8) is 0 Å². The van der Waals surface area contributed by atoms with Crippen molar-refractivity contribution in [2.45, 2.75) is 31.9 Å². The highest BCUT2D eigenvalue weighted by molar-refractivity contribution is 7.86. The summed E-state index contributed by atoms with van der Waals surface area (Å²) in [6.45, 7) is 2.08. The summed E-state index contributed by atoms with van der Waals surface area (Å²) in [5.41, 5.74) is 0. The standard InChI is InChI=1S/C8H18N2O3S/c1-7-4-5-8(11)6-10(7)14(12,13)9(2)3/h7-8,11H,4-6H2,1-3H3. The van der Waals surface area contributed by atoms with Crippen LogP contribution in [0.25, 0.3) is 0 Å². The van der Waals surface area contributed by atoms with Crippen LogP contribution in [0.15, 0.2) is 0 Å². The lowest BCUT2D eigenvalue weighted by atomic mass is 10.0. The smallest absolute Gasteiger partial charge is 0.281 e. The highest BCUT2D eigenvalue weighted by atomic mass is 32.2. The average molecular weight is 222 g/mol. The van der Waals surface area contributed by atoms with Gasteiger partial charge < -0.3 is 5.11 Å². The third-order valence-corrected chi connectivity index (χ3v) is 4.58. The van der Waals surface area contributed by atoms with Crippen molar-refractivity contribution in [3.05, 3.63) is 0 Å². The van der Waals surface area contributed by atoms with Crippen LogP contribution in [0.1, 0.15) is 19.8 Å². The van der Waals surface area contributed by atoms with Crippen molar-refractivity contribution in [1.29, 1.82) is 0 Å². The molecule has 1 N–H and O–H groups in total. The van der Waals surface area contributed by atoms with Gasteiger partial charge in [0, 0.05) is 26.7 Å². The molecule has 1 fully saturated rings. The first-order valence-corrected chi connectivity index (χ1v) is 6.12. The van der Waals surface area contributed by atoms with Crippen LogP contribution >= 0.6 is 0 Å². The molecular formula is C8H18N2O3S. The van der Waals surface area contributed by atoms with E-state index >= 15 is 0 Å². The third-order valence-electron chi connectivity index (χ3n) is 2.56. The van der Waals surface area contributed by atoms with E-state index < -0.39 is 16.3 Å². The minimum absolute atomic E-state index is 0.0224. The first-order valence-electron chi connectivity index (χ1n) is 4.73. The molecule has 0 bridgehead atoms. The number of aliphatic hydroxyl groups is 1. The van der Waals surface area contributed by atoms with Gasteiger partial charge in [0.25, 0.3) is 10.2 Å². The third kappa shape index (κ3) is 2.25. The molecule has 2 atom stereocenters. The minimum Gasteiger partial charge on any atom is -0.392 e. The van der Waals surface area contributed by atoms with Crippen LogP contribution in [0.5, 0.6) is 0 Å². The maximum absolute atomic E-state index is 11.8. The molecule has 0 saturated carbocycles. The Hall–Kier alpha value is -0.170. The number of β-amino-alcohol motifs (C(OH)–C–C–N with tert-alkyl or cyclic N) is 1. The number of nitrogens with zero attached hydrogens (tertiary/aromatic N) is 2. The van der Waals surface area contributed by atoms with Gasteiger partial charge >= 0.3 is 0 Å². The van der Waals surface area contributed by atoms with Crippen molar-refractivity contribution >= 4 is 10.2 Å². The molecule has 1 aliphatic rings. The minimum atomic E-state index is -3.38. The Bertz CT molecular complexity index is 289. The summed E-state index contributed by atoms with van der Waals surface area (Å²) in [4.78, 5) is 0. The van der Waals surface area contributed by atoms with Crippen LogP contribution in [0.2, 0.25) is 0 Å². The Kier molecular flexibility index (Phi) is 3.52. The zero-order chi connectivity index (χ0) is 10.9. The number of aliphatic hydroxyl groups excluding tert-OH is 1. The van der Waals surface area contributed by atoms with Gasteiger partial charge in [-0.15, -0.1) is 0 Å². The normalized spacial score (nSPS) is 30.9. The molecule has 1 heterocycles. The molecule has 1 rings (SSSR count). The summed E-state index contributed by atoms with van der Waals surface area (Å²) in [5.74, 6) is 0. The van der Waals surface area contributed by atoms with Crippen LogP contribution in [0.4, 0.5) is 0 Å². The molecule has 0 aromatic heterocycles. The summed E-state index contributed by atoms with van der Waals surface area (Å²) in [5, 5.41) is 9.42. The average Bonchev–Trinajstić information content (AvgIpc) is 2.08. The number of piperidine rings is 1. The first-order chi connectivity index (χ1) is 6.35. The lowest BCUT2D eigenvalue weighted by Gasteiger charge is -2.36. The van der Waals surface area contributed by atoms with Gasteiger partial charge in [-0.25, -0.2) is 0 Å². The van der Waals surface area contributed by atoms with Crippen LogP contribution < -0.4 is 0 Å². The molecule has 84 valence electrons. The van der Waals surface area contributed by atoms with E-state index in [0.717, 1.165) is 0 Å². The van der Waals surface area contributed by atoms with E-state index in [0.29, 0.717) is 12.8 Å². The van der Waals surface area contributed by atoms with E-state index in [9.17, 15) is 13.5 Å². The lowest BCUT2D eigenvalue weighted by molar-refractivity contribution is 0.0829. The van der Waals surface area contributed by atoms with Crippen LogP contribution in [0, 0.1) is 0 Å². The quantitative estimate of drug-likeness (QED) is 0.694. The monoisotopic (exact) mass is 222 g/mol. The van der Waals surface area contributed by atoms with E-state index in [1.54, 1.807) is 0 Å². The topological polar surface area (TPSA) is 60.9 Å². The Balaban J connectivity index is 2.85. The van der Waals surface area contributed by atoms with Crippen molar-refractivity contribution in [2.24, 2.45) is 0 Å². The highest BCUT2D eigenvalue weighted by Crippen LogP contribution is 2.21. The predicted octanol–water partition coefficient (Wildman–Crippen LogP) is -0.362. The summed E-state index contributed by atoms with van der Waals surface area (Å²) in [7, 11) is -0.369. The maximum Gasteiger partial charge on any atom is 0.281 e. The molecule has 2 unspecified atom stereocenters. The molecule has 0 radical (unpaired) electrons. The molecule has 6 heteroatoms. The molecular weight excluding hydrogens is 204 g/mol. The zero-order valence-corrected chi connectivity index (χ0v) is 9.66. The number of hydrogen-bond donors (Lipinski definition) is 1. The molecule has 0 aliphatic carbocycles.